The Morgan fingerprint density at radius 1 is 1.12 bits per heavy atom. The van der Waals surface area contributed by atoms with Gasteiger partial charge in [0.2, 0.25) is 0 Å². The Hall–Kier alpha value is -3.11. The van der Waals surface area contributed by atoms with Crippen molar-refractivity contribution in [2.45, 2.75) is 16.8 Å². The zero-order valence-electron chi connectivity index (χ0n) is 13.7. The van der Waals surface area contributed by atoms with Gasteiger partial charge in [-0.05, 0) is 25.1 Å². The zero-order valence-corrected chi connectivity index (χ0v) is 14.5. The highest BCUT2D eigenvalue weighted by atomic mass is 32.2. The van der Waals surface area contributed by atoms with E-state index < -0.39 is 0 Å². The Morgan fingerprint density at radius 2 is 2.00 bits per heavy atom. The molecule has 6 nitrogen and oxygen atoms in total. The maximum atomic E-state index is 9.41. The number of aryl methyl sites for hydroxylation is 2. The maximum absolute atomic E-state index is 9.41. The summed E-state index contributed by atoms with van der Waals surface area (Å²) in [6, 6.07) is 10.2. The molecule has 0 aliphatic heterocycles. The van der Waals surface area contributed by atoms with Crippen molar-refractivity contribution in [1.82, 2.24) is 24.4 Å². The molecule has 0 N–H and O–H groups in total. The van der Waals surface area contributed by atoms with Crippen molar-refractivity contribution in [3.8, 4) is 17.2 Å². The van der Waals surface area contributed by atoms with Crippen LogP contribution < -0.4 is 0 Å². The van der Waals surface area contributed by atoms with Gasteiger partial charge in [-0.1, -0.05) is 17.8 Å². The van der Waals surface area contributed by atoms with Crippen molar-refractivity contribution in [2.75, 3.05) is 0 Å². The van der Waals surface area contributed by atoms with Crippen LogP contribution in [0.5, 0.6) is 0 Å². The van der Waals surface area contributed by atoms with Crippen LogP contribution >= 0.6 is 11.8 Å². The first-order chi connectivity index (χ1) is 12.1. The highest BCUT2D eigenvalue weighted by molar-refractivity contribution is 7.99. The Labute approximate surface area is 148 Å². The van der Waals surface area contributed by atoms with E-state index in [-0.39, 0.29) is 0 Å². The molecule has 0 aromatic carbocycles. The van der Waals surface area contributed by atoms with Gasteiger partial charge >= 0.3 is 0 Å². The van der Waals surface area contributed by atoms with E-state index >= 15 is 0 Å². The molecule has 25 heavy (non-hydrogen) atoms. The number of hydrogen-bond acceptors (Lipinski definition) is 5. The molecule has 0 aliphatic carbocycles. The molecule has 4 heterocycles. The van der Waals surface area contributed by atoms with Gasteiger partial charge in [0, 0.05) is 41.2 Å². The van der Waals surface area contributed by atoms with E-state index in [0.29, 0.717) is 5.56 Å². The number of hydrogen-bond donors (Lipinski definition) is 0. The minimum absolute atomic E-state index is 0.549. The van der Waals surface area contributed by atoms with Crippen molar-refractivity contribution in [1.29, 1.82) is 5.26 Å². The summed E-state index contributed by atoms with van der Waals surface area (Å²) in [5.74, 6) is 0. The van der Waals surface area contributed by atoms with E-state index in [1.807, 2.05) is 50.8 Å². The van der Waals surface area contributed by atoms with Gasteiger partial charge in [-0.2, -0.15) is 15.5 Å². The third-order valence-corrected chi connectivity index (χ3v) is 4.78. The van der Waals surface area contributed by atoms with Crippen LogP contribution in [0.25, 0.3) is 16.6 Å². The average Bonchev–Trinajstić information content (AvgIpc) is 3.21. The van der Waals surface area contributed by atoms with Crippen molar-refractivity contribution >= 4 is 17.3 Å². The summed E-state index contributed by atoms with van der Waals surface area (Å²) in [4.78, 5) is 5.49. The fraction of sp³-hybridized carbons (Fsp3) is 0.111. The van der Waals surface area contributed by atoms with E-state index in [4.69, 9.17) is 0 Å². The third kappa shape index (κ3) is 2.88. The van der Waals surface area contributed by atoms with Crippen molar-refractivity contribution in [2.24, 2.45) is 7.05 Å². The van der Waals surface area contributed by atoms with E-state index in [0.717, 1.165) is 32.3 Å². The highest BCUT2D eigenvalue weighted by Crippen LogP contribution is 2.34. The molecule has 0 saturated carbocycles. The minimum Gasteiger partial charge on any atom is -0.275 e. The zero-order chi connectivity index (χ0) is 17.4. The predicted molar refractivity (Wildman–Crippen MR) is 95.2 cm³/mol. The summed E-state index contributed by atoms with van der Waals surface area (Å²) >= 11 is 1.53. The summed E-state index contributed by atoms with van der Waals surface area (Å²) in [7, 11) is 1.88. The molecule has 0 atom stereocenters. The van der Waals surface area contributed by atoms with Gasteiger partial charge < -0.3 is 0 Å². The summed E-state index contributed by atoms with van der Waals surface area (Å²) < 4.78 is 3.51. The van der Waals surface area contributed by atoms with Crippen molar-refractivity contribution < 1.29 is 0 Å². The van der Waals surface area contributed by atoms with Gasteiger partial charge in [0.1, 0.15) is 11.1 Å². The lowest BCUT2D eigenvalue weighted by atomic mass is 10.1. The van der Waals surface area contributed by atoms with Crippen molar-refractivity contribution in [3.63, 3.8) is 0 Å². The molecule has 122 valence electrons. The molecule has 0 amide bonds. The van der Waals surface area contributed by atoms with Crippen LogP contribution in [0.3, 0.4) is 0 Å². The summed E-state index contributed by atoms with van der Waals surface area (Å²) in [6.07, 6.45) is 7.28. The summed E-state index contributed by atoms with van der Waals surface area (Å²) in [6.45, 7) is 1.96. The monoisotopic (exact) mass is 346 g/mol. The first-order valence-corrected chi connectivity index (χ1v) is 8.48. The molecule has 4 aromatic rings. The molecule has 7 heteroatoms. The Bertz CT molecular complexity index is 1120. The normalized spacial score (nSPS) is 10.9. The molecule has 0 radical (unpaired) electrons. The Balaban J connectivity index is 1.90. The van der Waals surface area contributed by atoms with Crippen LogP contribution in [-0.4, -0.2) is 24.4 Å². The van der Waals surface area contributed by atoms with E-state index in [9.17, 15) is 5.26 Å². The largest absolute Gasteiger partial charge is 0.275 e. The summed E-state index contributed by atoms with van der Waals surface area (Å²) in [5, 5.41) is 18.9. The molecule has 0 bridgehead atoms. The van der Waals surface area contributed by atoms with Crippen LogP contribution in [0.2, 0.25) is 0 Å². The molecular formula is C18H14N6S. The third-order valence-electron chi connectivity index (χ3n) is 3.81. The molecule has 0 unspecified atom stereocenters. The molecule has 0 fully saturated rings. The number of pyridine rings is 2. The van der Waals surface area contributed by atoms with Crippen LogP contribution in [0.15, 0.2) is 59.0 Å². The molecule has 4 aromatic heterocycles. The smallest absolute Gasteiger partial charge is 0.103 e. The van der Waals surface area contributed by atoms with E-state index in [2.05, 4.69) is 27.3 Å². The van der Waals surface area contributed by atoms with Crippen LogP contribution in [0, 0.1) is 18.3 Å². The SMILES string of the molecule is Cc1cccc(Sc2cc(-c3cnn(C)c3)cn3ncc(C#N)c23)n1. The van der Waals surface area contributed by atoms with Gasteiger partial charge in [-0.3, -0.25) is 4.68 Å². The molecule has 0 saturated heterocycles. The Morgan fingerprint density at radius 3 is 2.72 bits per heavy atom. The van der Waals surface area contributed by atoms with E-state index in [1.165, 1.54) is 11.8 Å². The van der Waals surface area contributed by atoms with Crippen LogP contribution in [0.4, 0.5) is 0 Å². The second-order valence-corrected chi connectivity index (χ2v) is 6.74. The lowest BCUT2D eigenvalue weighted by Gasteiger charge is -2.08. The first kappa shape index (κ1) is 15.4. The molecule has 4 rings (SSSR count). The van der Waals surface area contributed by atoms with E-state index in [1.54, 1.807) is 15.4 Å². The lowest BCUT2D eigenvalue weighted by molar-refractivity contribution is 0.768. The number of aromatic nitrogens is 5. The highest BCUT2D eigenvalue weighted by Gasteiger charge is 2.14. The second kappa shape index (κ2) is 6.07. The molecule has 0 spiro atoms. The van der Waals surface area contributed by atoms with Crippen LogP contribution in [0.1, 0.15) is 11.3 Å². The number of rotatable bonds is 3. The topological polar surface area (TPSA) is 71.8 Å². The first-order valence-electron chi connectivity index (χ1n) is 7.66. The quantitative estimate of drug-likeness (QED) is 0.568. The average molecular weight is 346 g/mol. The van der Waals surface area contributed by atoms with Crippen molar-refractivity contribution in [3.05, 3.63) is 60.3 Å². The lowest BCUT2D eigenvalue weighted by Crippen LogP contribution is -1.93. The van der Waals surface area contributed by atoms with Crippen LogP contribution in [-0.2, 0) is 7.05 Å². The van der Waals surface area contributed by atoms with Gasteiger partial charge in [-0.25, -0.2) is 9.50 Å². The fourth-order valence-corrected chi connectivity index (χ4v) is 3.71. The van der Waals surface area contributed by atoms with Gasteiger partial charge in [-0.15, -0.1) is 0 Å². The standard InChI is InChI=1S/C18H14N6S/c1-12-4-3-5-17(22-12)25-16-6-13(15-9-20-23(2)10-15)11-24-18(16)14(7-19)8-21-24/h3-6,8-11H,1-2H3. The summed E-state index contributed by atoms with van der Waals surface area (Å²) in [5.41, 5.74) is 4.29. The number of nitrogens with zero attached hydrogens (tertiary/aromatic N) is 6. The number of fused-ring (bicyclic) bond motifs is 1. The second-order valence-electron chi connectivity index (χ2n) is 5.68. The fourth-order valence-electron chi connectivity index (χ4n) is 2.66. The van der Waals surface area contributed by atoms with Gasteiger partial charge in [0.05, 0.1) is 23.5 Å². The molecular weight excluding hydrogens is 332 g/mol. The number of nitriles is 1. The van der Waals surface area contributed by atoms with Gasteiger partial charge in [0.25, 0.3) is 0 Å². The minimum atomic E-state index is 0.549. The maximum Gasteiger partial charge on any atom is 0.103 e. The Kier molecular flexibility index (Phi) is 3.75. The van der Waals surface area contributed by atoms with Gasteiger partial charge in [0.15, 0.2) is 0 Å². The predicted octanol–water partition coefficient (Wildman–Crippen LogP) is 3.46. The molecule has 0 aliphatic rings.